The van der Waals surface area contributed by atoms with Gasteiger partial charge in [-0.25, -0.2) is 0 Å². The highest BCUT2D eigenvalue weighted by Crippen LogP contribution is 2.34. The van der Waals surface area contributed by atoms with Crippen LogP contribution in [-0.4, -0.2) is 18.0 Å². The van der Waals surface area contributed by atoms with E-state index in [9.17, 15) is 4.79 Å². The summed E-state index contributed by atoms with van der Waals surface area (Å²) in [4.78, 5) is 12.2. The van der Waals surface area contributed by atoms with Crippen molar-refractivity contribution in [3.8, 4) is 0 Å². The molecule has 2 aliphatic rings. The molecule has 0 aromatic rings. The van der Waals surface area contributed by atoms with Gasteiger partial charge in [0, 0.05) is 6.42 Å². The first-order valence-electron chi connectivity index (χ1n) is 6.24. The number of epoxide rings is 1. The maximum absolute atomic E-state index is 12.2. The molecule has 92 valence electrons. The molecule has 1 aliphatic carbocycles. The lowest BCUT2D eigenvalue weighted by molar-refractivity contribution is -0.123. The number of carbonyl (C=O) groups is 1. The Morgan fingerprint density at radius 2 is 2.24 bits per heavy atom. The van der Waals surface area contributed by atoms with Gasteiger partial charge in [0.1, 0.15) is 0 Å². The van der Waals surface area contributed by atoms with E-state index in [0.717, 1.165) is 12.0 Å². The number of ketones is 1. The highest BCUT2D eigenvalue weighted by atomic mass is 16.6. The van der Waals surface area contributed by atoms with Crippen LogP contribution in [0.4, 0.5) is 0 Å². The van der Waals surface area contributed by atoms with Gasteiger partial charge in [0.15, 0.2) is 11.4 Å². The summed E-state index contributed by atoms with van der Waals surface area (Å²) in [5, 5.41) is 0. The summed E-state index contributed by atoms with van der Waals surface area (Å²) in [6.45, 7) is 8.84. The Hall–Kier alpha value is -1.15. The molecule has 0 aromatic heterocycles. The summed E-state index contributed by atoms with van der Waals surface area (Å²) < 4.78 is 5.35. The van der Waals surface area contributed by atoms with Gasteiger partial charge < -0.3 is 4.74 Å². The Morgan fingerprint density at radius 1 is 1.53 bits per heavy atom. The maximum atomic E-state index is 12.2. The van der Waals surface area contributed by atoms with Crippen LogP contribution in [0.25, 0.3) is 0 Å². The molecule has 2 heteroatoms. The van der Waals surface area contributed by atoms with Crippen molar-refractivity contribution in [1.82, 2.24) is 0 Å². The zero-order chi connectivity index (χ0) is 12.5. The van der Waals surface area contributed by atoms with Crippen LogP contribution in [0.2, 0.25) is 0 Å². The average Bonchev–Trinajstić information content (AvgIpc) is 3.03. The van der Waals surface area contributed by atoms with Crippen LogP contribution in [0.3, 0.4) is 0 Å². The molecule has 1 saturated heterocycles. The molecule has 0 aromatic carbocycles. The normalized spacial score (nSPS) is 37.2. The van der Waals surface area contributed by atoms with Crippen molar-refractivity contribution in [3.05, 3.63) is 36.5 Å². The molecular weight excluding hydrogens is 212 g/mol. The second kappa shape index (κ2) is 4.61. The van der Waals surface area contributed by atoms with E-state index in [2.05, 4.69) is 26.5 Å². The van der Waals surface area contributed by atoms with E-state index in [1.165, 1.54) is 0 Å². The number of Topliss-reactive ketones (excluding diaryl/α,β-unsaturated/α-hetero) is 1. The molecule has 17 heavy (non-hydrogen) atoms. The van der Waals surface area contributed by atoms with Crippen LogP contribution in [0.5, 0.6) is 0 Å². The molecule has 2 atom stereocenters. The van der Waals surface area contributed by atoms with Gasteiger partial charge in [-0.2, -0.15) is 0 Å². The third-order valence-corrected chi connectivity index (χ3v) is 3.55. The summed E-state index contributed by atoms with van der Waals surface area (Å²) in [6, 6.07) is 0. The smallest absolute Gasteiger partial charge is 0.171 e. The molecule has 0 N–H and O–H groups in total. The van der Waals surface area contributed by atoms with Crippen molar-refractivity contribution in [1.29, 1.82) is 0 Å². The fourth-order valence-corrected chi connectivity index (χ4v) is 2.07. The van der Waals surface area contributed by atoms with E-state index in [-0.39, 0.29) is 11.7 Å². The average molecular weight is 232 g/mol. The summed E-state index contributed by atoms with van der Waals surface area (Å²) in [6.07, 6.45) is 9.43. The summed E-state index contributed by atoms with van der Waals surface area (Å²) in [7, 11) is 0. The van der Waals surface area contributed by atoms with Crippen LogP contribution in [-0.2, 0) is 9.53 Å². The minimum absolute atomic E-state index is 0.213. The molecule has 0 radical (unpaired) electrons. The first kappa shape index (κ1) is 12.3. The van der Waals surface area contributed by atoms with Gasteiger partial charge in [0.05, 0.1) is 6.61 Å². The second-order valence-corrected chi connectivity index (χ2v) is 5.34. The first-order valence-corrected chi connectivity index (χ1v) is 6.24. The minimum atomic E-state index is -0.599. The third-order valence-electron chi connectivity index (χ3n) is 3.55. The van der Waals surface area contributed by atoms with Gasteiger partial charge in [-0.3, -0.25) is 4.79 Å². The van der Waals surface area contributed by atoms with Crippen LogP contribution in [0, 0.1) is 11.8 Å². The first-order chi connectivity index (χ1) is 8.03. The highest BCUT2D eigenvalue weighted by molar-refractivity contribution is 5.92. The molecule has 0 bridgehead atoms. The molecule has 2 rings (SSSR count). The predicted molar refractivity (Wildman–Crippen MR) is 68.7 cm³/mol. The highest BCUT2D eigenvalue weighted by Gasteiger charge is 2.49. The quantitative estimate of drug-likeness (QED) is 0.513. The van der Waals surface area contributed by atoms with E-state index in [0.29, 0.717) is 18.9 Å². The van der Waals surface area contributed by atoms with Crippen molar-refractivity contribution < 1.29 is 9.53 Å². The van der Waals surface area contributed by atoms with E-state index in [4.69, 9.17) is 4.74 Å². The topological polar surface area (TPSA) is 29.6 Å². The van der Waals surface area contributed by atoms with E-state index >= 15 is 0 Å². The van der Waals surface area contributed by atoms with Crippen LogP contribution in [0.15, 0.2) is 36.5 Å². The summed E-state index contributed by atoms with van der Waals surface area (Å²) in [5.41, 5.74) is 0.482. The largest absolute Gasteiger partial charge is 0.357 e. The molecule has 0 amide bonds. The Kier molecular flexibility index (Phi) is 3.34. The number of allylic oxidation sites excluding steroid dienone is 4. The molecule has 1 heterocycles. The van der Waals surface area contributed by atoms with Crippen LogP contribution < -0.4 is 0 Å². The lowest BCUT2D eigenvalue weighted by Crippen LogP contribution is -2.26. The van der Waals surface area contributed by atoms with Crippen molar-refractivity contribution in [2.24, 2.45) is 11.8 Å². The Labute approximate surface area is 103 Å². The van der Waals surface area contributed by atoms with Crippen molar-refractivity contribution in [2.75, 3.05) is 6.61 Å². The summed E-state index contributed by atoms with van der Waals surface area (Å²) in [5.74, 6) is 0.957. The SMILES string of the molecule is C=C1/C=C/C(C(C)C)CC(=O)[C@@]2(/C=C/C1)CO2. The number of hydrogen-bond acceptors (Lipinski definition) is 2. The van der Waals surface area contributed by atoms with Crippen LogP contribution in [0.1, 0.15) is 26.7 Å². The molecule has 1 fully saturated rings. The van der Waals surface area contributed by atoms with Crippen molar-refractivity contribution in [2.45, 2.75) is 32.3 Å². The second-order valence-electron chi connectivity index (χ2n) is 5.34. The predicted octanol–water partition coefficient (Wildman–Crippen LogP) is 3.06. The zero-order valence-electron chi connectivity index (χ0n) is 10.6. The molecular formula is C15H20O2. The minimum Gasteiger partial charge on any atom is -0.357 e. The molecule has 1 aliphatic heterocycles. The zero-order valence-corrected chi connectivity index (χ0v) is 10.6. The van der Waals surface area contributed by atoms with E-state index < -0.39 is 5.60 Å². The monoisotopic (exact) mass is 232 g/mol. The molecule has 2 nitrogen and oxygen atoms in total. The fourth-order valence-electron chi connectivity index (χ4n) is 2.07. The molecule has 1 spiro atoms. The van der Waals surface area contributed by atoms with Gasteiger partial charge in [0.25, 0.3) is 0 Å². The van der Waals surface area contributed by atoms with E-state index in [1.54, 1.807) is 0 Å². The Bertz CT molecular complexity index is 384. The van der Waals surface area contributed by atoms with Crippen molar-refractivity contribution >= 4 is 5.78 Å². The van der Waals surface area contributed by atoms with Gasteiger partial charge >= 0.3 is 0 Å². The Balaban J connectivity index is 2.21. The van der Waals surface area contributed by atoms with Crippen molar-refractivity contribution in [3.63, 3.8) is 0 Å². The third kappa shape index (κ3) is 2.75. The lowest BCUT2D eigenvalue weighted by atomic mass is 9.85. The van der Waals surface area contributed by atoms with Gasteiger partial charge in [0.2, 0.25) is 0 Å². The number of rotatable bonds is 1. The molecule has 1 unspecified atom stereocenters. The van der Waals surface area contributed by atoms with E-state index in [1.807, 2.05) is 18.2 Å². The fraction of sp³-hybridized carbons (Fsp3) is 0.533. The number of ether oxygens (including phenoxy) is 1. The Morgan fingerprint density at radius 3 is 2.82 bits per heavy atom. The number of carbonyl (C=O) groups excluding carboxylic acids is 1. The van der Waals surface area contributed by atoms with Gasteiger partial charge in [-0.05, 0) is 24.3 Å². The maximum Gasteiger partial charge on any atom is 0.171 e. The van der Waals surface area contributed by atoms with Gasteiger partial charge in [-0.15, -0.1) is 0 Å². The summed E-state index contributed by atoms with van der Waals surface area (Å²) >= 11 is 0. The van der Waals surface area contributed by atoms with Gasteiger partial charge in [-0.1, -0.05) is 44.2 Å². The van der Waals surface area contributed by atoms with Crippen LogP contribution >= 0.6 is 0 Å². The molecule has 0 saturated carbocycles. The standard InChI is InChI=1S/C15H20O2/c1-11(2)13-7-6-12(3)5-4-8-15(10-17-15)14(16)9-13/h4,6-8,11,13H,3,5,9-10H2,1-2H3/b7-6+,8-4+/t13?,15-/m1/s1. The lowest BCUT2D eigenvalue weighted by Gasteiger charge is -2.18. The number of hydrogen-bond donors (Lipinski definition) is 0.